The maximum atomic E-state index is 11.8. The summed E-state index contributed by atoms with van der Waals surface area (Å²) in [5.74, 6) is -0.195. The van der Waals surface area contributed by atoms with Crippen LogP contribution in [-0.4, -0.2) is 41.2 Å². The smallest absolute Gasteiger partial charge is 0.336 e. The first kappa shape index (κ1) is 13.8. The molecule has 1 aromatic carbocycles. The van der Waals surface area contributed by atoms with Crippen LogP contribution in [-0.2, 0) is 13.0 Å². The minimum atomic E-state index is -0.887. The van der Waals surface area contributed by atoms with Crippen LogP contribution in [0.4, 0.5) is 0 Å². The van der Waals surface area contributed by atoms with E-state index in [-0.39, 0.29) is 0 Å². The third kappa shape index (κ3) is 2.34. The molecule has 3 rings (SSSR count). The van der Waals surface area contributed by atoms with Crippen LogP contribution < -0.4 is 4.74 Å². The number of carboxylic acid groups (broad SMARTS) is 1. The average Bonchev–Trinajstić information content (AvgIpc) is 2.51. The molecule has 0 atom stereocenters. The van der Waals surface area contributed by atoms with Gasteiger partial charge in [-0.1, -0.05) is 6.92 Å². The van der Waals surface area contributed by atoms with E-state index in [1.54, 1.807) is 25.3 Å². The minimum absolute atomic E-state index is 0.385. The molecule has 0 bridgehead atoms. The van der Waals surface area contributed by atoms with E-state index in [9.17, 15) is 9.90 Å². The van der Waals surface area contributed by atoms with Gasteiger partial charge < -0.3 is 9.84 Å². The van der Waals surface area contributed by atoms with Crippen LogP contribution in [0.1, 0.15) is 28.5 Å². The topological polar surface area (TPSA) is 62.7 Å². The van der Waals surface area contributed by atoms with Crippen molar-refractivity contribution in [3.8, 4) is 5.75 Å². The van der Waals surface area contributed by atoms with E-state index in [0.717, 1.165) is 30.8 Å². The molecule has 1 aliphatic heterocycles. The Morgan fingerprint density at radius 2 is 2.29 bits per heavy atom. The fourth-order valence-electron chi connectivity index (χ4n) is 2.92. The van der Waals surface area contributed by atoms with Crippen LogP contribution in [0.2, 0.25) is 0 Å². The Bertz CT molecular complexity index is 712. The Balaban J connectivity index is 2.26. The monoisotopic (exact) mass is 286 g/mol. The normalized spacial score (nSPS) is 15.0. The van der Waals surface area contributed by atoms with Crippen LogP contribution >= 0.6 is 0 Å². The Hall–Kier alpha value is -2.14. The average molecular weight is 286 g/mol. The van der Waals surface area contributed by atoms with Crippen molar-refractivity contribution in [2.24, 2.45) is 0 Å². The molecule has 0 saturated heterocycles. The summed E-state index contributed by atoms with van der Waals surface area (Å²) < 4.78 is 5.21. The Morgan fingerprint density at radius 3 is 2.95 bits per heavy atom. The molecular weight excluding hydrogens is 268 g/mol. The third-order valence-electron chi connectivity index (χ3n) is 4.09. The number of pyridine rings is 1. The number of likely N-dealkylation sites (N-methyl/N-ethyl adjacent to an activating group) is 1. The Kier molecular flexibility index (Phi) is 3.51. The summed E-state index contributed by atoms with van der Waals surface area (Å²) in [6, 6.07) is 5.37. The first-order chi connectivity index (χ1) is 10.1. The third-order valence-corrected chi connectivity index (χ3v) is 4.09. The summed E-state index contributed by atoms with van der Waals surface area (Å²) in [7, 11) is 1.59. The second-order valence-electron chi connectivity index (χ2n) is 5.22. The quantitative estimate of drug-likeness (QED) is 0.938. The Labute approximate surface area is 123 Å². The SMILES string of the molecule is CCN1CCc2nc3cc(OC)ccc3c(C(=O)O)c2C1. The van der Waals surface area contributed by atoms with Crippen LogP contribution in [0.25, 0.3) is 10.9 Å². The van der Waals surface area contributed by atoms with Gasteiger partial charge in [-0.25, -0.2) is 4.79 Å². The van der Waals surface area contributed by atoms with E-state index in [4.69, 9.17) is 4.74 Å². The molecule has 0 radical (unpaired) electrons. The van der Waals surface area contributed by atoms with Gasteiger partial charge in [0.25, 0.3) is 0 Å². The van der Waals surface area contributed by atoms with Gasteiger partial charge in [-0.15, -0.1) is 0 Å². The highest BCUT2D eigenvalue weighted by atomic mass is 16.5. The number of aromatic carboxylic acids is 1. The van der Waals surface area contributed by atoms with Crippen LogP contribution in [0.15, 0.2) is 18.2 Å². The second-order valence-corrected chi connectivity index (χ2v) is 5.22. The van der Waals surface area contributed by atoms with E-state index < -0.39 is 5.97 Å². The fourth-order valence-corrected chi connectivity index (χ4v) is 2.92. The van der Waals surface area contributed by atoms with Crippen molar-refractivity contribution >= 4 is 16.9 Å². The number of methoxy groups -OCH3 is 1. The van der Waals surface area contributed by atoms with Crippen LogP contribution in [0.3, 0.4) is 0 Å². The lowest BCUT2D eigenvalue weighted by Crippen LogP contribution is -2.32. The summed E-state index contributed by atoms with van der Waals surface area (Å²) in [6.45, 7) is 4.58. The first-order valence-electron chi connectivity index (χ1n) is 7.09. The summed E-state index contributed by atoms with van der Waals surface area (Å²) in [5, 5.41) is 10.3. The van der Waals surface area contributed by atoms with Crippen LogP contribution in [0, 0.1) is 0 Å². The maximum absolute atomic E-state index is 11.8. The zero-order valence-electron chi connectivity index (χ0n) is 12.2. The van der Waals surface area contributed by atoms with Gasteiger partial charge in [0.05, 0.1) is 18.2 Å². The lowest BCUT2D eigenvalue weighted by Gasteiger charge is -2.28. The fraction of sp³-hybridized carbons (Fsp3) is 0.375. The highest BCUT2D eigenvalue weighted by Crippen LogP contribution is 2.30. The van der Waals surface area contributed by atoms with Gasteiger partial charge in [0.15, 0.2) is 0 Å². The highest BCUT2D eigenvalue weighted by Gasteiger charge is 2.25. The van der Waals surface area contributed by atoms with Gasteiger partial charge in [-0.05, 0) is 18.7 Å². The summed E-state index contributed by atoms with van der Waals surface area (Å²) >= 11 is 0. The van der Waals surface area contributed by atoms with Crippen molar-refractivity contribution in [2.45, 2.75) is 19.9 Å². The van der Waals surface area contributed by atoms with Gasteiger partial charge >= 0.3 is 5.97 Å². The molecule has 0 fully saturated rings. The molecule has 2 aromatic rings. The lowest BCUT2D eigenvalue weighted by atomic mass is 9.96. The molecule has 2 heterocycles. The molecule has 5 nitrogen and oxygen atoms in total. The molecule has 0 spiro atoms. The van der Waals surface area contributed by atoms with Crippen molar-refractivity contribution in [1.82, 2.24) is 9.88 Å². The number of hydrogen-bond acceptors (Lipinski definition) is 4. The van der Waals surface area contributed by atoms with Gasteiger partial charge in [0.1, 0.15) is 5.75 Å². The predicted molar refractivity (Wildman–Crippen MR) is 79.9 cm³/mol. The molecule has 0 aliphatic carbocycles. The largest absolute Gasteiger partial charge is 0.497 e. The zero-order chi connectivity index (χ0) is 15.0. The van der Waals surface area contributed by atoms with Gasteiger partial charge in [-0.3, -0.25) is 9.88 Å². The standard InChI is InChI=1S/C16H18N2O3/c1-3-18-7-6-13-12(9-18)15(16(19)20)11-5-4-10(21-2)8-14(11)17-13/h4-5,8H,3,6-7,9H2,1-2H3,(H,19,20). The van der Waals surface area contributed by atoms with Crippen molar-refractivity contribution in [3.63, 3.8) is 0 Å². The number of fused-ring (bicyclic) bond motifs is 2. The molecule has 5 heteroatoms. The zero-order valence-corrected chi connectivity index (χ0v) is 12.2. The lowest BCUT2D eigenvalue weighted by molar-refractivity contribution is 0.0695. The molecular formula is C16H18N2O3. The molecule has 1 aromatic heterocycles. The first-order valence-corrected chi connectivity index (χ1v) is 7.09. The number of carboxylic acids is 1. The number of hydrogen-bond donors (Lipinski definition) is 1. The van der Waals surface area contributed by atoms with Gasteiger partial charge in [0, 0.05) is 42.2 Å². The number of carbonyl (C=O) groups is 1. The maximum Gasteiger partial charge on any atom is 0.336 e. The molecule has 0 amide bonds. The molecule has 0 unspecified atom stereocenters. The van der Waals surface area contributed by atoms with Crippen molar-refractivity contribution in [2.75, 3.05) is 20.2 Å². The molecule has 0 saturated carbocycles. The van der Waals surface area contributed by atoms with Crippen molar-refractivity contribution in [1.29, 1.82) is 0 Å². The van der Waals surface area contributed by atoms with E-state index in [0.29, 0.717) is 28.8 Å². The van der Waals surface area contributed by atoms with Crippen molar-refractivity contribution < 1.29 is 14.6 Å². The van der Waals surface area contributed by atoms with E-state index in [1.165, 1.54) is 0 Å². The van der Waals surface area contributed by atoms with E-state index in [1.807, 2.05) is 0 Å². The number of benzene rings is 1. The van der Waals surface area contributed by atoms with E-state index in [2.05, 4.69) is 16.8 Å². The molecule has 1 aliphatic rings. The molecule has 1 N–H and O–H groups in total. The minimum Gasteiger partial charge on any atom is -0.497 e. The van der Waals surface area contributed by atoms with E-state index >= 15 is 0 Å². The number of aromatic nitrogens is 1. The summed E-state index contributed by atoms with van der Waals surface area (Å²) in [6.07, 6.45) is 0.788. The van der Waals surface area contributed by atoms with Crippen molar-refractivity contribution in [3.05, 3.63) is 35.0 Å². The molecule has 110 valence electrons. The van der Waals surface area contributed by atoms with Crippen LogP contribution in [0.5, 0.6) is 5.75 Å². The Morgan fingerprint density at radius 1 is 1.48 bits per heavy atom. The summed E-state index contributed by atoms with van der Waals surface area (Å²) in [4.78, 5) is 18.7. The molecule has 21 heavy (non-hydrogen) atoms. The van der Waals surface area contributed by atoms with Gasteiger partial charge in [-0.2, -0.15) is 0 Å². The predicted octanol–water partition coefficient (Wildman–Crippen LogP) is 2.32. The van der Waals surface area contributed by atoms with Gasteiger partial charge in [0.2, 0.25) is 0 Å². The second kappa shape index (κ2) is 5.33. The number of ether oxygens (including phenoxy) is 1. The summed E-state index contributed by atoms with van der Waals surface area (Å²) in [5.41, 5.74) is 2.83. The number of rotatable bonds is 3. The number of nitrogens with zero attached hydrogens (tertiary/aromatic N) is 2. The highest BCUT2D eigenvalue weighted by molar-refractivity contribution is 6.04.